The Morgan fingerprint density at radius 3 is 2.00 bits per heavy atom. The molecule has 33 heavy (non-hydrogen) atoms. The van der Waals surface area contributed by atoms with Crippen molar-refractivity contribution >= 4 is 18.0 Å². The van der Waals surface area contributed by atoms with Crippen LogP contribution >= 0.6 is 0 Å². The summed E-state index contributed by atoms with van der Waals surface area (Å²) in [7, 11) is 0. The van der Waals surface area contributed by atoms with Crippen LogP contribution in [0.3, 0.4) is 0 Å². The van der Waals surface area contributed by atoms with Gasteiger partial charge < -0.3 is 20.5 Å². The van der Waals surface area contributed by atoms with Gasteiger partial charge in [-0.25, -0.2) is 18.4 Å². The number of carbonyl (C=O) groups excluding carboxylic acids is 2. The van der Waals surface area contributed by atoms with E-state index in [4.69, 9.17) is 9.84 Å². The number of carboxylic acids is 1. The molecule has 3 rings (SSSR count). The van der Waals surface area contributed by atoms with Crippen LogP contribution in [0.5, 0.6) is 0 Å². The van der Waals surface area contributed by atoms with Crippen LogP contribution in [-0.2, 0) is 14.3 Å². The average molecular weight is 460 g/mol. The van der Waals surface area contributed by atoms with E-state index in [0.717, 1.165) is 22.3 Å². The number of carbonyl (C=O) groups is 3. The number of fused-ring (bicyclic) bond motifs is 3. The van der Waals surface area contributed by atoms with Crippen LogP contribution in [0.1, 0.15) is 37.3 Å². The Morgan fingerprint density at radius 1 is 0.970 bits per heavy atom. The summed E-state index contributed by atoms with van der Waals surface area (Å²) in [5.74, 6) is -2.85. The number of halogens is 2. The van der Waals surface area contributed by atoms with E-state index in [1.54, 1.807) is 13.8 Å². The van der Waals surface area contributed by atoms with Crippen molar-refractivity contribution in [2.45, 2.75) is 44.7 Å². The first-order valence-corrected chi connectivity index (χ1v) is 10.6. The van der Waals surface area contributed by atoms with Crippen molar-refractivity contribution in [2.75, 3.05) is 6.61 Å². The molecule has 2 aromatic carbocycles. The number of aliphatic carboxylic acids is 1. The fourth-order valence-corrected chi connectivity index (χ4v) is 3.94. The summed E-state index contributed by atoms with van der Waals surface area (Å²) >= 11 is 0. The first-order chi connectivity index (χ1) is 15.7. The number of alkyl halides is 2. The van der Waals surface area contributed by atoms with Crippen LogP contribution in [0.15, 0.2) is 48.5 Å². The van der Waals surface area contributed by atoms with Crippen molar-refractivity contribution in [2.24, 2.45) is 5.92 Å². The van der Waals surface area contributed by atoms with Crippen molar-refractivity contribution in [3.8, 4) is 11.1 Å². The number of ether oxygens (including phenoxy) is 1. The number of alkyl carbamates (subject to hydrolysis) is 1. The molecule has 0 saturated heterocycles. The number of nitrogens with one attached hydrogen (secondary N) is 2. The second-order valence-electron chi connectivity index (χ2n) is 8.24. The van der Waals surface area contributed by atoms with Gasteiger partial charge in [0.1, 0.15) is 18.7 Å². The van der Waals surface area contributed by atoms with Crippen molar-refractivity contribution in [1.29, 1.82) is 0 Å². The minimum Gasteiger partial charge on any atom is -0.480 e. The van der Waals surface area contributed by atoms with Crippen molar-refractivity contribution < 1.29 is 33.0 Å². The Morgan fingerprint density at radius 2 is 1.52 bits per heavy atom. The number of hydrogen-bond acceptors (Lipinski definition) is 4. The predicted molar refractivity (Wildman–Crippen MR) is 117 cm³/mol. The smallest absolute Gasteiger partial charge is 0.407 e. The summed E-state index contributed by atoms with van der Waals surface area (Å²) in [6.07, 6.45) is -4.90. The van der Waals surface area contributed by atoms with Crippen molar-refractivity contribution in [3.05, 3.63) is 59.7 Å². The number of amides is 2. The van der Waals surface area contributed by atoms with E-state index in [2.05, 4.69) is 5.32 Å². The van der Waals surface area contributed by atoms with Crippen LogP contribution < -0.4 is 10.6 Å². The van der Waals surface area contributed by atoms with Gasteiger partial charge in [-0.1, -0.05) is 62.4 Å². The SMILES string of the molecule is CC(C)[C@H](NC(=O)CC(NC(=O)OCC1c2ccccc2-c2ccccc21)C(F)F)C(=O)O. The summed E-state index contributed by atoms with van der Waals surface area (Å²) < 4.78 is 32.1. The molecule has 2 amide bonds. The first kappa shape index (κ1) is 24.2. The molecule has 0 heterocycles. The molecule has 3 N–H and O–H groups in total. The Hall–Kier alpha value is -3.49. The topological polar surface area (TPSA) is 105 Å². The van der Waals surface area contributed by atoms with Crippen LogP contribution in [0, 0.1) is 5.92 Å². The van der Waals surface area contributed by atoms with Crippen LogP contribution in [-0.4, -0.2) is 48.2 Å². The van der Waals surface area contributed by atoms with Gasteiger partial charge in [-0.15, -0.1) is 0 Å². The highest BCUT2D eigenvalue weighted by atomic mass is 19.3. The van der Waals surface area contributed by atoms with Crippen LogP contribution in [0.2, 0.25) is 0 Å². The highest BCUT2D eigenvalue weighted by Crippen LogP contribution is 2.44. The van der Waals surface area contributed by atoms with E-state index in [1.807, 2.05) is 53.8 Å². The molecule has 1 unspecified atom stereocenters. The van der Waals surface area contributed by atoms with Gasteiger partial charge >= 0.3 is 12.1 Å². The summed E-state index contributed by atoms with van der Waals surface area (Å²) in [6.45, 7) is 3.10. The van der Waals surface area contributed by atoms with Gasteiger partial charge in [0.05, 0.1) is 6.42 Å². The molecular formula is C24H26F2N2O5. The van der Waals surface area contributed by atoms with Gasteiger partial charge in [0.15, 0.2) is 0 Å². The molecule has 0 radical (unpaired) electrons. The standard InChI is InChI=1S/C24H26F2N2O5/c1-13(2)21(23(30)31)28-20(29)11-19(22(25)26)27-24(32)33-12-18-16-9-5-3-7-14(16)15-8-4-6-10-17(15)18/h3-10,13,18-19,21-22H,11-12H2,1-2H3,(H,27,32)(H,28,29)(H,30,31)/t19?,21-/m0/s1. The van der Waals surface area contributed by atoms with Crippen LogP contribution in [0.4, 0.5) is 13.6 Å². The Kier molecular flexibility index (Phi) is 7.63. The summed E-state index contributed by atoms with van der Waals surface area (Å²) in [6, 6.07) is 12.4. The molecular weight excluding hydrogens is 434 g/mol. The van der Waals surface area contributed by atoms with Gasteiger partial charge in [-0.3, -0.25) is 4.79 Å². The molecule has 0 aliphatic heterocycles. The summed E-state index contributed by atoms with van der Waals surface area (Å²) in [5.41, 5.74) is 4.01. The lowest BCUT2D eigenvalue weighted by molar-refractivity contribution is -0.143. The third-order valence-electron chi connectivity index (χ3n) is 5.61. The maximum absolute atomic E-state index is 13.4. The quantitative estimate of drug-likeness (QED) is 0.528. The zero-order valence-corrected chi connectivity index (χ0v) is 18.3. The first-order valence-electron chi connectivity index (χ1n) is 10.6. The molecule has 0 saturated carbocycles. The van der Waals surface area contributed by atoms with Gasteiger partial charge in [0.2, 0.25) is 5.91 Å². The zero-order chi connectivity index (χ0) is 24.1. The zero-order valence-electron chi connectivity index (χ0n) is 18.3. The Labute approximate surface area is 190 Å². The van der Waals surface area contributed by atoms with Gasteiger partial charge in [-0.2, -0.15) is 0 Å². The highest BCUT2D eigenvalue weighted by Gasteiger charge is 2.31. The molecule has 0 aromatic heterocycles. The van der Waals surface area contributed by atoms with Crippen molar-refractivity contribution in [1.82, 2.24) is 10.6 Å². The second-order valence-corrected chi connectivity index (χ2v) is 8.24. The third kappa shape index (κ3) is 5.66. The molecule has 1 aliphatic rings. The third-order valence-corrected chi connectivity index (χ3v) is 5.61. The minimum absolute atomic E-state index is 0.0591. The molecule has 9 heteroatoms. The van der Waals surface area contributed by atoms with Gasteiger partial charge in [-0.05, 0) is 28.2 Å². The molecule has 0 fully saturated rings. The number of benzene rings is 2. The van der Waals surface area contributed by atoms with E-state index in [9.17, 15) is 23.2 Å². The van der Waals surface area contributed by atoms with Gasteiger partial charge in [0.25, 0.3) is 6.43 Å². The molecule has 7 nitrogen and oxygen atoms in total. The van der Waals surface area contributed by atoms with E-state index < -0.39 is 48.8 Å². The largest absolute Gasteiger partial charge is 0.480 e. The Bertz CT molecular complexity index is 982. The van der Waals surface area contributed by atoms with Crippen LogP contribution in [0.25, 0.3) is 11.1 Å². The number of carboxylic acid groups (broad SMARTS) is 1. The second kappa shape index (κ2) is 10.4. The predicted octanol–water partition coefficient (Wildman–Crippen LogP) is 3.77. The molecule has 0 bridgehead atoms. The molecule has 176 valence electrons. The minimum atomic E-state index is -3.04. The van der Waals surface area contributed by atoms with E-state index in [1.165, 1.54) is 0 Å². The molecule has 2 atom stereocenters. The summed E-state index contributed by atoms with van der Waals surface area (Å²) in [5, 5.41) is 13.4. The van der Waals surface area contributed by atoms with E-state index in [0.29, 0.717) is 0 Å². The van der Waals surface area contributed by atoms with Gasteiger partial charge in [0, 0.05) is 5.92 Å². The lowest BCUT2D eigenvalue weighted by atomic mass is 9.98. The average Bonchev–Trinajstić information content (AvgIpc) is 3.09. The lowest BCUT2D eigenvalue weighted by Crippen LogP contribution is -2.48. The highest BCUT2D eigenvalue weighted by molar-refractivity contribution is 5.84. The summed E-state index contributed by atoms with van der Waals surface area (Å²) in [4.78, 5) is 35.6. The monoisotopic (exact) mass is 460 g/mol. The maximum atomic E-state index is 13.4. The molecule has 1 aliphatic carbocycles. The van der Waals surface area contributed by atoms with E-state index >= 15 is 0 Å². The fourth-order valence-electron chi connectivity index (χ4n) is 3.94. The lowest BCUT2D eigenvalue weighted by Gasteiger charge is -2.21. The number of hydrogen-bond donors (Lipinski definition) is 3. The maximum Gasteiger partial charge on any atom is 0.407 e. The van der Waals surface area contributed by atoms with E-state index in [-0.39, 0.29) is 12.5 Å². The normalized spacial score (nSPS) is 14.4. The number of rotatable bonds is 9. The molecule has 2 aromatic rings. The Balaban J connectivity index is 1.61. The van der Waals surface area contributed by atoms with Crippen molar-refractivity contribution in [3.63, 3.8) is 0 Å². The fraction of sp³-hybridized carbons (Fsp3) is 0.375. The molecule has 0 spiro atoms.